The molecule has 0 atom stereocenters. The van der Waals surface area contributed by atoms with Crippen LogP contribution in [0.4, 0.5) is 8.78 Å². The molecule has 1 heterocycles. The summed E-state index contributed by atoms with van der Waals surface area (Å²) < 4.78 is 35.5. The van der Waals surface area contributed by atoms with Gasteiger partial charge in [0.15, 0.2) is 0 Å². The molecule has 26 heavy (non-hydrogen) atoms. The maximum Gasteiger partial charge on any atom is 0.129 e. The fraction of sp³-hybridized carbons (Fsp3) is 0.333. The second kappa shape index (κ2) is 7.39. The Morgan fingerprint density at radius 3 is 2.58 bits per heavy atom. The van der Waals surface area contributed by atoms with Crippen LogP contribution in [0.1, 0.15) is 30.5 Å². The van der Waals surface area contributed by atoms with Gasteiger partial charge in [0, 0.05) is 45.8 Å². The van der Waals surface area contributed by atoms with Crippen LogP contribution in [0.3, 0.4) is 0 Å². The van der Waals surface area contributed by atoms with Crippen LogP contribution in [0.5, 0.6) is 5.75 Å². The average Bonchev–Trinajstić information content (AvgIpc) is 2.91. The molecule has 136 valence electrons. The molecule has 0 radical (unpaired) electrons. The minimum atomic E-state index is -0.615. The summed E-state index contributed by atoms with van der Waals surface area (Å²) in [6.07, 6.45) is 5.49. The van der Waals surface area contributed by atoms with Crippen LogP contribution in [0, 0.1) is 11.6 Å². The molecule has 3 aromatic rings. The molecular formula is C21H20BrF2NO. The van der Waals surface area contributed by atoms with Crippen molar-refractivity contribution in [2.75, 3.05) is 6.61 Å². The van der Waals surface area contributed by atoms with E-state index in [0.717, 1.165) is 36.3 Å². The van der Waals surface area contributed by atoms with Crippen LogP contribution in [0.2, 0.25) is 0 Å². The van der Waals surface area contributed by atoms with Crippen molar-refractivity contribution >= 4 is 26.8 Å². The molecule has 0 unspecified atom stereocenters. The molecule has 0 fully saturated rings. The average molecular weight is 420 g/mol. The third-order valence-electron chi connectivity index (χ3n) is 4.97. The Bertz CT molecular complexity index is 931. The minimum Gasteiger partial charge on any atom is -0.493 e. The minimum absolute atomic E-state index is 0.242. The highest BCUT2D eigenvalue weighted by Crippen LogP contribution is 2.34. The van der Waals surface area contributed by atoms with Crippen LogP contribution in [-0.2, 0) is 19.4 Å². The van der Waals surface area contributed by atoms with E-state index in [0.29, 0.717) is 6.61 Å². The van der Waals surface area contributed by atoms with Crippen molar-refractivity contribution in [2.45, 2.75) is 38.6 Å². The summed E-state index contributed by atoms with van der Waals surface area (Å²) >= 11 is 3.58. The van der Waals surface area contributed by atoms with Crippen LogP contribution in [0.15, 0.2) is 40.9 Å². The van der Waals surface area contributed by atoms with Gasteiger partial charge < -0.3 is 9.30 Å². The van der Waals surface area contributed by atoms with Gasteiger partial charge in [0.05, 0.1) is 6.61 Å². The van der Waals surface area contributed by atoms with E-state index in [1.54, 1.807) is 0 Å². The quantitative estimate of drug-likeness (QED) is 0.460. The zero-order chi connectivity index (χ0) is 18.1. The van der Waals surface area contributed by atoms with Crippen molar-refractivity contribution in [1.82, 2.24) is 4.57 Å². The summed E-state index contributed by atoms with van der Waals surface area (Å²) in [5, 5.41) is 1.34. The smallest absolute Gasteiger partial charge is 0.129 e. The molecule has 0 bridgehead atoms. The summed E-state index contributed by atoms with van der Waals surface area (Å²) in [6.45, 7) is 1.26. The predicted molar refractivity (Wildman–Crippen MR) is 103 cm³/mol. The summed E-state index contributed by atoms with van der Waals surface area (Å²) in [7, 11) is 0. The lowest BCUT2D eigenvalue weighted by molar-refractivity contribution is 0.298. The number of rotatable bonds is 5. The molecule has 0 saturated heterocycles. The van der Waals surface area contributed by atoms with Crippen LogP contribution < -0.4 is 4.74 Å². The fourth-order valence-electron chi connectivity index (χ4n) is 3.89. The summed E-state index contributed by atoms with van der Waals surface area (Å²) in [5.41, 5.74) is 4.17. The van der Waals surface area contributed by atoms with E-state index in [-0.39, 0.29) is 5.75 Å². The maximum absolute atomic E-state index is 13.2. The van der Waals surface area contributed by atoms with Gasteiger partial charge >= 0.3 is 0 Å². The number of aromatic nitrogens is 1. The van der Waals surface area contributed by atoms with Crippen molar-refractivity contribution in [3.8, 4) is 5.75 Å². The number of aryl methyl sites for hydroxylation is 2. The summed E-state index contributed by atoms with van der Waals surface area (Å²) in [4.78, 5) is 0. The van der Waals surface area contributed by atoms with E-state index in [1.807, 2.05) is 0 Å². The van der Waals surface area contributed by atoms with E-state index >= 15 is 0 Å². The number of benzene rings is 2. The van der Waals surface area contributed by atoms with Crippen LogP contribution in [0.25, 0.3) is 10.9 Å². The van der Waals surface area contributed by atoms with Gasteiger partial charge in [-0.3, -0.25) is 0 Å². The van der Waals surface area contributed by atoms with Gasteiger partial charge in [-0.05, 0) is 55.9 Å². The van der Waals surface area contributed by atoms with Gasteiger partial charge in [0.25, 0.3) is 0 Å². The van der Waals surface area contributed by atoms with Gasteiger partial charge in [0.2, 0.25) is 0 Å². The van der Waals surface area contributed by atoms with E-state index in [2.05, 4.69) is 38.7 Å². The van der Waals surface area contributed by atoms with Crippen molar-refractivity contribution in [3.63, 3.8) is 0 Å². The first-order valence-electron chi connectivity index (χ1n) is 9.00. The molecule has 0 amide bonds. The molecule has 2 aromatic carbocycles. The second-order valence-corrected chi connectivity index (χ2v) is 7.67. The molecule has 0 aliphatic heterocycles. The zero-order valence-corrected chi connectivity index (χ0v) is 16.0. The zero-order valence-electron chi connectivity index (χ0n) is 14.4. The first-order chi connectivity index (χ1) is 12.6. The SMILES string of the molecule is Fc1cc(F)cc(OCCCn2c3c(c4cc(Br)ccc42)CCCC3)c1. The summed E-state index contributed by atoms with van der Waals surface area (Å²) in [6, 6.07) is 9.74. The van der Waals surface area contributed by atoms with Crippen LogP contribution in [-0.4, -0.2) is 11.2 Å². The first-order valence-corrected chi connectivity index (χ1v) is 9.79. The van der Waals surface area contributed by atoms with E-state index in [4.69, 9.17) is 4.74 Å². The Kier molecular flexibility index (Phi) is 4.98. The van der Waals surface area contributed by atoms with Crippen molar-refractivity contribution in [1.29, 1.82) is 0 Å². The topological polar surface area (TPSA) is 14.2 Å². The molecule has 2 nitrogen and oxygen atoms in total. The Hall–Kier alpha value is -1.88. The molecule has 5 heteroatoms. The Morgan fingerprint density at radius 1 is 1.00 bits per heavy atom. The summed E-state index contributed by atoms with van der Waals surface area (Å²) in [5.74, 6) is -0.988. The molecule has 1 aliphatic rings. The first kappa shape index (κ1) is 17.5. The number of halogens is 3. The van der Waals surface area contributed by atoms with Gasteiger partial charge in [0.1, 0.15) is 17.4 Å². The molecule has 0 saturated carbocycles. The second-order valence-electron chi connectivity index (χ2n) is 6.75. The van der Waals surface area contributed by atoms with Gasteiger partial charge in [-0.25, -0.2) is 8.78 Å². The highest BCUT2D eigenvalue weighted by Gasteiger charge is 2.19. The number of fused-ring (bicyclic) bond motifs is 3. The predicted octanol–water partition coefficient (Wildman–Crippen LogP) is 6.03. The Balaban J connectivity index is 1.50. The number of hydrogen-bond donors (Lipinski definition) is 0. The van der Waals surface area contributed by atoms with Crippen molar-refractivity contribution in [3.05, 3.63) is 63.8 Å². The van der Waals surface area contributed by atoms with Crippen molar-refractivity contribution in [2.24, 2.45) is 0 Å². The van der Waals surface area contributed by atoms with Gasteiger partial charge in [-0.2, -0.15) is 0 Å². The molecule has 1 aromatic heterocycles. The van der Waals surface area contributed by atoms with E-state index in [1.165, 1.54) is 47.1 Å². The highest BCUT2D eigenvalue weighted by molar-refractivity contribution is 9.10. The van der Waals surface area contributed by atoms with E-state index in [9.17, 15) is 8.78 Å². The lowest BCUT2D eigenvalue weighted by Gasteiger charge is -2.16. The number of ether oxygens (including phenoxy) is 1. The lowest BCUT2D eigenvalue weighted by Crippen LogP contribution is -2.10. The Labute approximate surface area is 159 Å². The molecular weight excluding hydrogens is 400 g/mol. The van der Waals surface area contributed by atoms with Crippen LogP contribution >= 0.6 is 15.9 Å². The highest BCUT2D eigenvalue weighted by atomic mass is 79.9. The lowest BCUT2D eigenvalue weighted by atomic mass is 9.95. The van der Waals surface area contributed by atoms with Gasteiger partial charge in [-0.15, -0.1) is 0 Å². The Morgan fingerprint density at radius 2 is 1.77 bits per heavy atom. The number of hydrogen-bond acceptors (Lipinski definition) is 1. The van der Waals surface area contributed by atoms with Gasteiger partial charge in [-0.1, -0.05) is 15.9 Å². The van der Waals surface area contributed by atoms with E-state index < -0.39 is 11.6 Å². The normalized spacial score (nSPS) is 13.8. The fourth-order valence-corrected chi connectivity index (χ4v) is 4.25. The molecule has 0 N–H and O–H groups in total. The standard InChI is InChI=1S/C21H20BrF2NO/c22-14-6-7-21-19(10-14)18-4-1-2-5-20(18)25(21)8-3-9-26-17-12-15(23)11-16(24)13-17/h6-7,10-13H,1-5,8-9H2. The monoisotopic (exact) mass is 419 g/mol. The molecule has 4 rings (SSSR count). The number of nitrogens with zero attached hydrogens (tertiary/aromatic N) is 1. The third-order valence-corrected chi connectivity index (χ3v) is 5.46. The molecule has 0 spiro atoms. The third kappa shape index (κ3) is 3.50. The largest absolute Gasteiger partial charge is 0.493 e. The van der Waals surface area contributed by atoms with Crippen molar-refractivity contribution < 1.29 is 13.5 Å². The molecule has 1 aliphatic carbocycles. The maximum atomic E-state index is 13.2.